The number of rotatable bonds is 6. The highest BCUT2D eigenvalue weighted by Crippen LogP contribution is 2.19. The molecule has 7 nitrogen and oxygen atoms in total. The quantitative estimate of drug-likeness (QED) is 0.420. The highest BCUT2D eigenvalue weighted by atomic mass is 32.1. The number of para-hydroxylation sites is 1. The first-order valence-corrected chi connectivity index (χ1v) is 10.8. The van der Waals surface area contributed by atoms with Gasteiger partial charge in [-0.25, -0.2) is 13.9 Å². The Morgan fingerprint density at radius 1 is 0.966 bits per heavy atom. The Bertz CT molecular complexity index is 1400. The van der Waals surface area contributed by atoms with Crippen LogP contribution in [0.4, 0.5) is 0 Å². The zero-order valence-corrected chi connectivity index (χ0v) is 16.9. The Morgan fingerprint density at radius 3 is 2.62 bits per heavy atom. The maximum Gasteiger partial charge on any atom is 0.352 e. The molecule has 0 aliphatic rings. The monoisotopic (exact) mass is 424 g/mol. The lowest BCUT2D eigenvalue weighted by molar-refractivity contribution is 0.289. The fourth-order valence-electron chi connectivity index (χ4n) is 3.25. The molecule has 4 aromatic heterocycles. The summed E-state index contributed by atoms with van der Waals surface area (Å²) in [7, 11) is 0. The highest BCUT2D eigenvalue weighted by molar-refractivity contribution is 7.17. The van der Waals surface area contributed by atoms with Crippen LogP contribution < -0.4 is 16.0 Å². The van der Waals surface area contributed by atoms with E-state index in [9.17, 15) is 9.59 Å². The maximum absolute atomic E-state index is 13.0. The van der Waals surface area contributed by atoms with E-state index in [1.54, 1.807) is 22.0 Å². The van der Waals surface area contributed by atoms with Crippen molar-refractivity contribution in [1.82, 2.24) is 18.7 Å². The van der Waals surface area contributed by atoms with Crippen LogP contribution in [0, 0.1) is 0 Å². The molecule has 1 aromatic carbocycles. The molecule has 0 fully saturated rings. The van der Waals surface area contributed by atoms with Crippen LogP contribution in [0.5, 0.6) is 5.75 Å². The molecule has 5 rings (SSSR count). The molecule has 146 valence electrons. The topological polar surface area (TPSA) is 70.5 Å². The number of hydrogen-bond acceptors (Lipinski definition) is 6. The van der Waals surface area contributed by atoms with Crippen molar-refractivity contribution in [2.45, 2.75) is 13.1 Å². The van der Waals surface area contributed by atoms with Crippen molar-refractivity contribution in [3.63, 3.8) is 0 Å². The smallest absolute Gasteiger partial charge is 0.352 e. The third-order valence-corrected chi connectivity index (χ3v) is 6.35. The van der Waals surface area contributed by atoms with E-state index in [1.165, 1.54) is 20.4 Å². The van der Waals surface area contributed by atoms with Gasteiger partial charge < -0.3 is 4.74 Å². The molecule has 0 radical (unpaired) electrons. The summed E-state index contributed by atoms with van der Waals surface area (Å²) in [6, 6.07) is 15.1. The second-order valence-corrected chi connectivity index (χ2v) is 8.36. The van der Waals surface area contributed by atoms with Gasteiger partial charge in [0.25, 0.3) is 5.56 Å². The second kappa shape index (κ2) is 7.34. The van der Waals surface area contributed by atoms with E-state index in [1.807, 2.05) is 53.2 Å². The Labute approximate surface area is 172 Å². The number of benzene rings is 1. The largest absolute Gasteiger partial charge is 0.492 e. The molecule has 29 heavy (non-hydrogen) atoms. The first kappa shape index (κ1) is 17.9. The number of hydrogen-bond donors (Lipinski definition) is 0. The van der Waals surface area contributed by atoms with Crippen LogP contribution in [-0.4, -0.2) is 25.4 Å². The predicted octanol–water partition coefficient (Wildman–Crippen LogP) is 3.06. The van der Waals surface area contributed by atoms with Gasteiger partial charge in [-0.2, -0.15) is 0 Å². The Morgan fingerprint density at radius 2 is 1.83 bits per heavy atom. The average Bonchev–Trinajstić information content (AvgIpc) is 3.47. The van der Waals surface area contributed by atoms with Gasteiger partial charge in [-0.3, -0.25) is 9.36 Å². The van der Waals surface area contributed by atoms with E-state index in [0.29, 0.717) is 29.1 Å². The summed E-state index contributed by atoms with van der Waals surface area (Å²) >= 11 is 2.90. The molecule has 0 saturated heterocycles. The van der Waals surface area contributed by atoms with E-state index in [2.05, 4.69) is 5.10 Å². The number of thiophene rings is 2. The summed E-state index contributed by atoms with van der Waals surface area (Å²) in [5, 5.41) is 8.26. The molecule has 4 heterocycles. The molecular formula is C20H16N4O3S2. The molecule has 5 aromatic rings. The number of fused-ring (bicyclic) bond motifs is 3. The maximum atomic E-state index is 13.0. The van der Waals surface area contributed by atoms with Crippen molar-refractivity contribution >= 4 is 38.7 Å². The van der Waals surface area contributed by atoms with Crippen LogP contribution >= 0.6 is 22.7 Å². The van der Waals surface area contributed by atoms with Gasteiger partial charge in [-0.05, 0) is 35.0 Å². The van der Waals surface area contributed by atoms with Crippen LogP contribution in [0.3, 0.4) is 0 Å². The fourth-order valence-corrected chi connectivity index (χ4v) is 4.76. The minimum Gasteiger partial charge on any atom is -0.492 e. The van der Waals surface area contributed by atoms with E-state index < -0.39 is 0 Å². The SMILES string of the molecule is O=c1c2sccc2n2c(=O)n(CCOc3ccccc3)nc2n1Cc1cccs1. The van der Waals surface area contributed by atoms with Gasteiger partial charge in [0, 0.05) is 4.88 Å². The fraction of sp³-hybridized carbons (Fsp3) is 0.150. The molecule has 0 bridgehead atoms. The van der Waals surface area contributed by atoms with Gasteiger partial charge >= 0.3 is 5.69 Å². The van der Waals surface area contributed by atoms with E-state index in [4.69, 9.17) is 4.74 Å². The summed E-state index contributed by atoms with van der Waals surface area (Å²) in [4.78, 5) is 27.1. The molecular weight excluding hydrogens is 408 g/mol. The molecule has 0 N–H and O–H groups in total. The molecule has 0 saturated carbocycles. The van der Waals surface area contributed by atoms with Crippen molar-refractivity contribution in [1.29, 1.82) is 0 Å². The first-order chi connectivity index (χ1) is 14.2. The molecule has 0 atom stereocenters. The normalized spacial score (nSPS) is 11.4. The summed E-state index contributed by atoms with van der Waals surface area (Å²) < 4.78 is 10.7. The van der Waals surface area contributed by atoms with E-state index in [-0.39, 0.29) is 17.8 Å². The van der Waals surface area contributed by atoms with Gasteiger partial charge in [0.15, 0.2) is 0 Å². The van der Waals surface area contributed by atoms with E-state index >= 15 is 0 Å². The number of nitrogens with zero attached hydrogens (tertiary/aromatic N) is 4. The molecule has 0 aliphatic heterocycles. The molecule has 0 amide bonds. The number of aromatic nitrogens is 4. The average molecular weight is 425 g/mol. The van der Waals surface area contributed by atoms with Crippen molar-refractivity contribution in [3.8, 4) is 5.75 Å². The van der Waals surface area contributed by atoms with Crippen LogP contribution in [0.1, 0.15) is 4.88 Å². The van der Waals surface area contributed by atoms with Gasteiger partial charge in [0.1, 0.15) is 17.1 Å². The second-order valence-electron chi connectivity index (χ2n) is 6.41. The summed E-state index contributed by atoms with van der Waals surface area (Å²) in [5.74, 6) is 1.08. The third kappa shape index (κ3) is 3.18. The minimum atomic E-state index is -0.278. The first-order valence-electron chi connectivity index (χ1n) is 9.02. The van der Waals surface area contributed by atoms with Crippen LogP contribution in [0.2, 0.25) is 0 Å². The van der Waals surface area contributed by atoms with Crippen molar-refractivity contribution < 1.29 is 4.74 Å². The van der Waals surface area contributed by atoms with Gasteiger partial charge in [-0.15, -0.1) is 27.8 Å². The summed E-state index contributed by atoms with van der Waals surface area (Å²) in [5.41, 5.74) is 0.186. The van der Waals surface area contributed by atoms with Crippen molar-refractivity contribution in [2.75, 3.05) is 6.61 Å². The predicted molar refractivity (Wildman–Crippen MR) is 114 cm³/mol. The van der Waals surface area contributed by atoms with Crippen LogP contribution in [0.25, 0.3) is 16.0 Å². The highest BCUT2D eigenvalue weighted by Gasteiger charge is 2.18. The van der Waals surface area contributed by atoms with Crippen molar-refractivity contribution in [2.24, 2.45) is 0 Å². The summed E-state index contributed by atoms with van der Waals surface area (Å²) in [6.45, 7) is 0.967. The standard InChI is InChI=1S/C20H16N4O3S2/c25-18-17-16(8-12-29-17)24-19(22(18)13-15-7-4-11-28-15)21-23(20(24)26)9-10-27-14-5-2-1-3-6-14/h1-8,11-12H,9-10,13H2. The molecule has 9 heteroatoms. The van der Waals surface area contributed by atoms with Gasteiger partial charge in [-0.1, -0.05) is 24.3 Å². The van der Waals surface area contributed by atoms with Crippen LogP contribution in [-0.2, 0) is 13.1 Å². The number of ether oxygens (including phenoxy) is 1. The summed E-state index contributed by atoms with van der Waals surface area (Å²) in [6.07, 6.45) is 0. The lowest BCUT2D eigenvalue weighted by Crippen LogP contribution is -2.26. The Balaban J connectivity index is 1.57. The molecule has 0 spiro atoms. The third-order valence-electron chi connectivity index (χ3n) is 4.60. The minimum absolute atomic E-state index is 0.131. The molecule has 0 aliphatic carbocycles. The zero-order chi connectivity index (χ0) is 19.8. The lowest BCUT2D eigenvalue weighted by atomic mass is 10.3. The van der Waals surface area contributed by atoms with Gasteiger partial charge in [0.05, 0.1) is 18.6 Å². The molecule has 0 unspecified atom stereocenters. The zero-order valence-electron chi connectivity index (χ0n) is 15.2. The van der Waals surface area contributed by atoms with Gasteiger partial charge in [0.2, 0.25) is 5.78 Å². The lowest BCUT2D eigenvalue weighted by Gasteiger charge is -2.06. The van der Waals surface area contributed by atoms with Crippen molar-refractivity contribution in [3.05, 3.63) is 85.0 Å². The van der Waals surface area contributed by atoms with Crippen LogP contribution in [0.15, 0.2) is 68.9 Å². The Kier molecular flexibility index (Phi) is 4.53. The Hall–Kier alpha value is -3.17. The van der Waals surface area contributed by atoms with E-state index in [0.717, 1.165) is 10.6 Å².